The maximum Gasteiger partial charge on any atom is 0.416 e. The number of nitro groups is 2. The second-order valence-corrected chi connectivity index (χ2v) is 5.41. The summed E-state index contributed by atoms with van der Waals surface area (Å²) >= 11 is 0. The molecule has 0 amide bonds. The molecule has 0 aliphatic rings. The lowest BCUT2D eigenvalue weighted by atomic mass is 10.1. The average Bonchev–Trinajstić information content (AvgIpc) is 2.64. The molecule has 146 valence electrons. The fourth-order valence-electron chi connectivity index (χ4n) is 2.33. The number of hydrazine groups is 1. The molecule has 0 bridgehead atoms. The maximum absolute atomic E-state index is 13.0. The predicted octanol–water partition coefficient (Wildman–Crippen LogP) is 4.27. The first-order valence-corrected chi connectivity index (χ1v) is 7.65. The number of nitrogens with one attached hydrogen (secondary N) is 1. The van der Waals surface area contributed by atoms with Crippen molar-refractivity contribution in [2.45, 2.75) is 12.6 Å². The summed E-state index contributed by atoms with van der Waals surface area (Å²) < 4.78 is 39.0. The molecule has 0 saturated carbocycles. The Labute approximate surface area is 155 Å². The summed E-state index contributed by atoms with van der Waals surface area (Å²) in [5, 5.41) is 32.6. The van der Waals surface area contributed by atoms with E-state index in [1.165, 1.54) is 5.01 Å². The summed E-state index contributed by atoms with van der Waals surface area (Å²) in [7, 11) is 0. The number of halogens is 3. The highest BCUT2D eigenvalue weighted by atomic mass is 19.4. The number of benzene rings is 2. The molecule has 2 aromatic carbocycles. The van der Waals surface area contributed by atoms with Gasteiger partial charge in [-0.1, -0.05) is 18.2 Å². The van der Waals surface area contributed by atoms with Crippen LogP contribution in [-0.2, 0) is 6.18 Å². The van der Waals surface area contributed by atoms with Gasteiger partial charge < -0.3 is 0 Å². The molecule has 0 atom stereocenters. The van der Waals surface area contributed by atoms with E-state index in [9.17, 15) is 33.4 Å². The Morgan fingerprint density at radius 1 is 1.07 bits per heavy atom. The van der Waals surface area contributed by atoms with E-state index >= 15 is 0 Å². The van der Waals surface area contributed by atoms with E-state index in [4.69, 9.17) is 5.26 Å². The third-order valence-electron chi connectivity index (χ3n) is 3.58. The molecule has 0 saturated heterocycles. The second-order valence-electron chi connectivity index (χ2n) is 5.41. The van der Waals surface area contributed by atoms with Crippen LogP contribution in [0.5, 0.6) is 0 Å². The highest BCUT2D eigenvalue weighted by Crippen LogP contribution is 2.41. The molecule has 1 N–H and O–H groups in total. The lowest BCUT2D eigenvalue weighted by Gasteiger charge is -2.25. The lowest BCUT2D eigenvalue weighted by molar-refractivity contribution is -0.392. The standard InChI is InChI=1S/C16H12F3N5O4/c17-16(18,19)11-9-13(23(25)26)15(14(10-11)24(27)28)21-22(8-4-7-20)12-5-2-1-3-6-12/h1-3,5-6,9-10,21H,4,8H2. The second kappa shape index (κ2) is 8.21. The zero-order valence-electron chi connectivity index (χ0n) is 14.0. The molecule has 2 rings (SSSR count). The number of nitriles is 1. The Morgan fingerprint density at radius 2 is 1.61 bits per heavy atom. The van der Waals surface area contributed by atoms with Gasteiger partial charge in [0.05, 0.1) is 40.1 Å². The van der Waals surface area contributed by atoms with E-state index in [2.05, 4.69) is 5.43 Å². The van der Waals surface area contributed by atoms with Gasteiger partial charge >= 0.3 is 17.6 Å². The van der Waals surface area contributed by atoms with Gasteiger partial charge in [-0.25, -0.2) is 0 Å². The Kier molecular flexibility index (Phi) is 5.99. The molecule has 9 nitrogen and oxygen atoms in total. The van der Waals surface area contributed by atoms with Crippen molar-refractivity contribution in [3.8, 4) is 6.07 Å². The molecule has 2 aromatic rings. The normalized spacial score (nSPS) is 10.8. The van der Waals surface area contributed by atoms with E-state index in [1.54, 1.807) is 30.3 Å². The fourth-order valence-corrected chi connectivity index (χ4v) is 2.33. The van der Waals surface area contributed by atoms with Gasteiger partial charge in [-0.3, -0.25) is 30.7 Å². The van der Waals surface area contributed by atoms with Crippen LogP contribution in [0.15, 0.2) is 42.5 Å². The SMILES string of the molecule is N#CCCN(Nc1c([N+](=O)[O-])cc(C(F)(F)F)cc1[N+](=O)[O-])c1ccccc1. The molecule has 0 heterocycles. The van der Waals surface area contributed by atoms with Gasteiger partial charge in [-0.2, -0.15) is 18.4 Å². The Morgan fingerprint density at radius 3 is 2.04 bits per heavy atom. The van der Waals surface area contributed by atoms with Crippen LogP contribution >= 0.6 is 0 Å². The van der Waals surface area contributed by atoms with Crippen LogP contribution in [0.3, 0.4) is 0 Å². The molecule has 0 aliphatic carbocycles. The van der Waals surface area contributed by atoms with E-state index in [0.717, 1.165) is 0 Å². The molecule has 0 unspecified atom stereocenters. The summed E-state index contributed by atoms with van der Waals surface area (Å²) in [5.41, 5.74) is -1.61. The number of nitrogens with zero attached hydrogens (tertiary/aromatic N) is 4. The lowest BCUT2D eigenvalue weighted by Crippen LogP contribution is -2.31. The predicted molar refractivity (Wildman–Crippen MR) is 92.4 cm³/mol. The number of nitro benzene ring substituents is 2. The van der Waals surface area contributed by atoms with Gasteiger partial charge in [-0.05, 0) is 12.1 Å². The van der Waals surface area contributed by atoms with Crippen LogP contribution in [0.4, 0.5) is 35.9 Å². The summed E-state index contributed by atoms with van der Waals surface area (Å²) in [5.74, 6) is 0. The molecule has 28 heavy (non-hydrogen) atoms. The zero-order chi connectivity index (χ0) is 20.9. The zero-order valence-corrected chi connectivity index (χ0v) is 14.0. The van der Waals surface area contributed by atoms with E-state index in [-0.39, 0.29) is 25.1 Å². The molecule has 0 spiro atoms. The van der Waals surface area contributed by atoms with Crippen molar-refractivity contribution in [3.05, 3.63) is 68.3 Å². The van der Waals surface area contributed by atoms with Crippen LogP contribution in [0.25, 0.3) is 0 Å². The molecule has 0 aromatic heterocycles. The molecule has 0 aliphatic heterocycles. The van der Waals surface area contributed by atoms with Crippen LogP contribution < -0.4 is 10.4 Å². The number of hydrogen-bond acceptors (Lipinski definition) is 7. The third kappa shape index (κ3) is 4.64. The minimum Gasteiger partial charge on any atom is -0.286 e. The van der Waals surface area contributed by atoms with Gasteiger partial charge in [0.1, 0.15) is 0 Å². The van der Waals surface area contributed by atoms with Crippen molar-refractivity contribution < 1.29 is 23.0 Å². The van der Waals surface area contributed by atoms with E-state index in [0.29, 0.717) is 5.69 Å². The van der Waals surface area contributed by atoms with Crippen molar-refractivity contribution in [1.29, 1.82) is 5.26 Å². The molecular weight excluding hydrogens is 383 g/mol. The third-order valence-corrected chi connectivity index (χ3v) is 3.58. The number of alkyl halides is 3. The maximum atomic E-state index is 13.0. The quantitative estimate of drug-likeness (QED) is 0.548. The topological polar surface area (TPSA) is 125 Å². The Bertz CT molecular complexity index is 893. The first-order chi connectivity index (χ1) is 13.1. The van der Waals surface area contributed by atoms with Crippen LogP contribution in [-0.4, -0.2) is 16.4 Å². The molecular formula is C16H12F3N5O4. The summed E-state index contributed by atoms with van der Waals surface area (Å²) in [6.07, 6.45) is -5.06. The van der Waals surface area contributed by atoms with Crippen molar-refractivity contribution in [2.75, 3.05) is 17.0 Å². The van der Waals surface area contributed by atoms with Crippen molar-refractivity contribution in [1.82, 2.24) is 0 Å². The van der Waals surface area contributed by atoms with Crippen molar-refractivity contribution in [3.63, 3.8) is 0 Å². The van der Waals surface area contributed by atoms with Crippen LogP contribution in [0.1, 0.15) is 12.0 Å². The van der Waals surface area contributed by atoms with E-state index in [1.807, 2.05) is 6.07 Å². The van der Waals surface area contributed by atoms with Crippen LogP contribution in [0.2, 0.25) is 0 Å². The summed E-state index contributed by atoms with van der Waals surface area (Å²) in [6.45, 7) is -0.0319. The first-order valence-electron chi connectivity index (χ1n) is 7.65. The highest BCUT2D eigenvalue weighted by Gasteiger charge is 2.38. The number of rotatable bonds is 7. The largest absolute Gasteiger partial charge is 0.416 e. The van der Waals surface area contributed by atoms with Crippen LogP contribution in [0, 0.1) is 31.6 Å². The van der Waals surface area contributed by atoms with Crippen molar-refractivity contribution in [2.24, 2.45) is 0 Å². The van der Waals surface area contributed by atoms with Crippen molar-refractivity contribution >= 4 is 22.7 Å². The molecule has 12 heteroatoms. The van der Waals surface area contributed by atoms with Gasteiger partial charge in [0.25, 0.3) is 0 Å². The average molecular weight is 395 g/mol. The minimum atomic E-state index is -5.01. The highest BCUT2D eigenvalue weighted by molar-refractivity contribution is 5.77. The number of hydrogen-bond donors (Lipinski definition) is 1. The van der Waals surface area contributed by atoms with E-state index < -0.39 is 38.6 Å². The summed E-state index contributed by atoms with van der Waals surface area (Å²) in [4.78, 5) is 20.3. The Balaban J connectivity index is 2.62. The first kappa shape index (κ1) is 20.4. The molecule has 0 fully saturated rings. The monoisotopic (exact) mass is 395 g/mol. The smallest absolute Gasteiger partial charge is 0.286 e. The number of para-hydroxylation sites is 1. The summed E-state index contributed by atoms with van der Waals surface area (Å²) in [6, 6.07) is 10.3. The molecule has 0 radical (unpaired) electrons. The van der Waals surface area contributed by atoms with Gasteiger partial charge in [0.2, 0.25) is 5.69 Å². The van der Waals surface area contributed by atoms with Gasteiger partial charge in [-0.15, -0.1) is 0 Å². The Hall–Kier alpha value is -3.88. The minimum absolute atomic E-state index is 0.0319. The number of anilines is 2. The van der Waals surface area contributed by atoms with Gasteiger partial charge in [0.15, 0.2) is 0 Å². The van der Waals surface area contributed by atoms with Gasteiger partial charge in [0, 0.05) is 12.1 Å². The fraction of sp³-hybridized carbons (Fsp3) is 0.188.